The first-order chi connectivity index (χ1) is 12.4. The number of likely N-dealkylation sites (N-methyl/N-ethyl adjacent to an activating group) is 1. The summed E-state index contributed by atoms with van der Waals surface area (Å²) in [6.07, 6.45) is 3.38. The first-order valence-electron chi connectivity index (χ1n) is 9.24. The topological polar surface area (TPSA) is 73.8 Å². The number of amides is 1. The zero-order valence-electron chi connectivity index (χ0n) is 15.4. The maximum Gasteiger partial charge on any atom is 0.236 e. The lowest BCUT2D eigenvalue weighted by Gasteiger charge is -2.27. The molecular formula is C18H28N4O3S. The van der Waals surface area contributed by atoms with Crippen LogP contribution in [0.4, 0.5) is 0 Å². The normalized spacial score (nSPS) is 23.9. The minimum Gasteiger partial charge on any atom is -0.340 e. The third-order valence-electron chi connectivity index (χ3n) is 5.27. The van der Waals surface area contributed by atoms with Gasteiger partial charge in [0, 0.05) is 45.0 Å². The van der Waals surface area contributed by atoms with Crippen molar-refractivity contribution in [3.8, 4) is 0 Å². The number of nitrogens with zero attached hydrogens (tertiary/aromatic N) is 4. The lowest BCUT2D eigenvalue weighted by Crippen LogP contribution is -2.44. The Morgan fingerprint density at radius 2 is 2.12 bits per heavy atom. The highest BCUT2D eigenvalue weighted by atomic mass is 32.2. The molecule has 0 unspecified atom stereocenters. The van der Waals surface area contributed by atoms with E-state index in [-0.39, 0.29) is 23.5 Å². The molecule has 0 saturated carbocycles. The fraction of sp³-hybridized carbons (Fsp3) is 0.667. The highest BCUT2D eigenvalue weighted by Gasteiger charge is 2.32. The van der Waals surface area contributed by atoms with E-state index in [9.17, 15) is 13.2 Å². The monoisotopic (exact) mass is 380 g/mol. The van der Waals surface area contributed by atoms with E-state index in [0.29, 0.717) is 19.5 Å². The molecule has 0 N–H and O–H groups in total. The molecular weight excluding hydrogens is 352 g/mol. The van der Waals surface area contributed by atoms with Gasteiger partial charge in [0.2, 0.25) is 5.91 Å². The van der Waals surface area contributed by atoms with Gasteiger partial charge < -0.3 is 4.90 Å². The first kappa shape index (κ1) is 19.3. The Balaban J connectivity index is 1.48. The summed E-state index contributed by atoms with van der Waals surface area (Å²) in [5.74, 6) is 0.508. The highest BCUT2D eigenvalue weighted by molar-refractivity contribution is 7.91. The summed E-state index contributed by atoms with van der Waals surface area (Å²) in [7, 11) is -1.07. The zero-order valence-corrected chi connectivity index (χ0v) is 16.2. The van der Waals surface area contributed by atoms with Gasteiger partial charge in [-0.15, -0.1) is 0 Å². The molecule has 0 bridgehead atoms. The van der Waals surface area contributed by atoms with Gasteiger partial charge in [0.25, 0.3) is 0 Å². The molecule has 8 heteroatoms. The maximum atomic E-state index is 12.6. The molecule has 0 aromatic carbocycles. The molecule has 144 valence electrons. The van der Waals surface area contributed by atoms with Gasteiger partial charge in [-0.05, 0) is 32.0 Å². The molecule has 1 aromatic heterocycles. The van der Waals surface area contributed by atoms with Gasteiger partial charge in [0.05, 0.1) is 23.7 Å². The standard InChI is InChI=1S/C18H28N4O3S/c1-20(17-6-12-26(24,25)15-17)14-18(23)22-9-4-8-21(10-11-22)13-16-5-2-3-7-19-16/h2-3,5,7,17H,4,6,8-15H2,1H3/t17-/m0/s1. The number of carbonyl (C=O) groups is 1. The molecule has 0 aliphatic carbocycles. The number of hydrogen-bond donors (Lipinski definition) is 0. The maximum absolute atomic E-state index is 12.6. The van der Waals surface area contributed by atoms with Gasteiger partial charge in [-0.1, -0.05) is 6.07 Å². The SMILES string of the molecule is CN(CC(=O)N1CCCN(Cc2ccccn2)CC1)[C@H]1CCS(=O)(=O)C1. The summed E-state index contributed by atoms with van der Waals surface area (Å²) in [4.78, 5) is 23.2. The second-order valence-electron chi connectivity index (χ2n) is 7.30. The van der Waals surface area contributed by atoms with Crippen LogP contribution in [0.2, 0.25) is 0 Å². The van der Waals surface area contributed by atoms with Crippen molar-refractivity contribution >= 4 is 15.7 Å². The Bertz CT molecular complexity index is 710. The lowest BCUT2D eigenvalue weighted by atomic mass is 10.2. The Labute approximate surface area is 155 Å². The van der Waals surface area contributed by atoms with Crippen molar-refractivity contribution in [1.29, 1.82) is 0 Å². The van der Waals surface area contributed by atoms with E-state index in [1.54, 1.807) is 0 Å². The fourth-order valence-electron chi connectivity index (χ4n) is 3.66. The van der Waals surface area contributed by atoms with E-state index in [1.165, 1.54) is 0 Å². The summed E-state index contributed by atoms with van der Waals surface area (Å²) < 4.78 is 23.3. The number of rotatable bonds is 5. The third kappa shape index (κ3) is 5.25. The van der Waals surface area contributed by atoms with Crippen LogP contribution in [0, 0.1) is 0 Å². The Kier molecular flexibility index (Phi) is 6.26. The average Bonchev–Trinajstić information content (AvgIpc) is 2.83. The van der Waals surface area contributed by atoms with Gasteiger partial charge in [-0.2, -0.15) is 0 Å². The lowest BCUT2D eigenvalue weighted by molar-refractivity contribution is -0.132. The van der Waals surface area contributed by atoms with Crippen LogP contribution < -0.4 is 0 Å². The minimum absolute atomic E-state index is 0.0309. The zero-order chi connectivity index (χ0) is 18.6. The largest absolute Gasteiger partial charge is 0.340 e. The summed E-state index contributed by atoms with van der Waals surface area (Å²) in [5.41, 5.74) is 1.05. The van der Waals surface area contributed by atoms with Crippen LogP contribution in [0.25, 0.3) is 0 Å². The molecule has 2 aliphatic rings. The fourth-order valence-corrected chi connectivity index (χ4v) is 5.47. The molecule has 0 spiro atoms. The number of aromatic nitrogens is 1. The van der Waals surface area contributed by atoms with E-state index < -0.39 is 9.84 Å². The predicted molar refractivity (Wildman–Crippen MR) is 100 cm³/mol. The molecule has 1 atom stereocenters. The third-order valence-corrected chi connectivity index (χ3v) is 7.02. The van der Waals surface area contributed by atoms with E-state index in [2.05, 4.69) is 9.88 Å². The van der Waals surface area contributed by atoms with Crippen molar-refractivity contribution < 1.29 is 13.2 Å². The van der Waals surface area contributed by atoms with Crippen LogP contribution >= 0.6 is 0 Å². The smallest absolute Gasteiger partial charge is 0.236 e. The average molecular weight is 381 g/mol. The highest BCUT2D eigenvalue weighted by Crippen LogP contribution is 2.16. The van der Waals surface area contributed by atoms with Gasteiger partial charge in [0.15, 0.2) is 9.84 Å². The molecule has 2 fully saturated rings. The van der Waals surface area contributed by atoms with Crippen LogP contribution in [-0.4, -0.2) is 91.3 Å². The second-order valence-corrected chi connectivity index (χ2v) is 9.53. The van der Waals surface area contributed by atoms with Crippen molar-refractivity contribution in [2.45, 2.75) is 25.4 Å². The van der Waals surface area contributed by atoms with Crippen LogP contribution in [0.3, 0.4) is 0 Å². The van der Waals surface area contributed by atoms with Crippen molar-refractivity contribution in [3.63, 3.8) is 0 Å². The van der Waals surface area contributed by atoms with E-state index >= 15 is 0 Å². The van der Waals surface area contributed by atoms with Gasteiger partial charge in [-0.25, -0.2) is 8.42 Å². The molecule has 3 heterocycles. The first-order valence-corrected chi connectivity index (χ1v) is 11.1. The van der Waals surface area contributed by atoms with E-state index in [4.69, 9.17) is 0 Å². The summed E-state index contributed by atoms with van der Waals surface area (Å²) in [6.45, 7) is 4.36. The van der Waals surface area contributed by atoms with E-state index in [1.807, 2.05) is 41.2 Å². The Morgan fingerprint density at radius 3 is 2.81 bits per heavy atom. The van der Waals surface area contributed by atoms with Crippen LogP contribution in [0.15, 0.2) is 24.4 Å². The van der Waals surface area contributed by atoms with Gasteiger partial charge in [0.1, 0.15) is 0 Å². The van der Waals surface area contributed by atoms with Crippen molar-refractivity contribution in [2.75, 3.05) is 51.3 Å². The summed E-state index contributed by atoms with van der Waals surface area (Å²) in [6, 6.07) is 5.91. The molecule has 7 nitrogen and oxygen atoms in total. The second kappa shape index (κ2) is 8.45. The van der Waals surface area contributed by atoms with Crippen LogP contribution in [-0.2, 0) is 21.2 Å². The molecule has 1 aromatic rings. The number of pyridine rings is 1. The van der Waals surface area contributed by atoms with Crippen LogP contribution in [0.5, 0.6) is 0 Å². The van der Waals surface area contributed by atoms with Crippen molar-refractivity contribution in [1.82, 2.24) is 19.7 Å². The molecule has 3 rings (SSSR count). The van der Waals surface area contributed by atoms with Crippen molar-refractivity contribution in [3.05, 3.63) is 30.1 Å². The number of carbonyl (C=O) groups excluding carboxylic acids is 1. The predicted octanol–water partition coefficient (Wildman–Crippen LogP) is 0.235. The molecule has 2 aliphatic heterocycles. The molecule has 26 heavy (non-hydrogen) atoms. The molecule has 0 radical (unpaired) electrons. The quantitative estimate of drug-likeness (QED) is 0.728. The Morgan fingerprint density at radius 1 is 1.27 bits per heavy atom. The molecule has 2 saturated heterocycles. The Hall–Kier alpha value is -1.51. The summed E-state index contributed by atoms with van der Waals surface area (Å²) >= 11 is 0. The minimum atomic E-state index is -2.92. The van der Waals surface area contributed by atoms with Crippen molar-refractivity contribution in [2.24, 2.45) is 0 Å². The summed E-state index contributed by atoms with van der Waals surface area (Å²) in [5, 5.41) is 0. The van der Waals surface area contributed by atoms with Gasteiger partial charge in [-0.3, -0.25) is 19.6 Å². The molecule has 1 amide bonds. The van der Waals surface area contributed by atoms with Gasteiger partial charge >= 0.3 is 0 Å². The number of hydrogen-bond acceptors (Lipinski definition) is 6. The van der Waals surface area contributed by atoms with E-state index in [0.717, 1.165) is 38.3 Å². The van der Waals surface area contributed by atoms with Crippen LogP contribution in [0.1, 0.15) is 18.5 Å². The number of sulfone groups is 1.